The van der Waals surface area contributed by atoms with Gasteiger partial charge in [0.05, 0.1) is 0 Å². The molecule has 1 N–H and O–H groups in total. The first-order valence-electron chi connectivity index (χ1n) is 7.75. The van der Waals surface area contributed by atoms with Gasteiger partial charge >= 0.3 is 0 Å². The van der Waals surface area contributed by atoms with Gasteiger partial charge in [0.1, 0.15) is 0 Å². The van der Waals surface area contributed by atoms with E-state index in [1.165, 1.54) is 51.7 Å². The van der Waals surface area contributed by atoms with Crippen molar-refractivity contribution in [3.05, 3.63) is 0 Å². The summed E-state index contributed by atoms with van der Waals surface area (Å²) in [6.07, 6.45) is 8.65. The fraction of sp³-hybridized carbons (Fsp3) is 1.00. The van der Waals surface area contributed by atoms with Gasteiger partial charge in [-0.2, -0.15) is 0 Å². The van der Waals surface area contributed by atoms with Crippen LogP contribution < -0.4 is 5.32 Å². The number of fused-ring (bicyclic) bond motifs is 2. The van der Waals surface area contributed by atoms with E-state index in [1.54, 1.807) is 6.42 Å². The normalized spacial score (nSPS) is 40.9. The van der Waals surface area contributed by atoms with Crippen LogP contribution in [-0.2, 0) is 0 Å². The van der Waals surface area contributed by atoms with E-state index in [4.69, 9.17) is 0 Å². The van der Waals surface area contributed by atoms with Crippen LogP contribution in [0.2, 0.25) is 0 Å². The first-order valence-corrected chi connectivity index (χ1v) is 7.75. The standard InChI is InChI=1S/C15H28N2/c1-3-15(4-2)11-17(8-7-16-15)14-10-12-5-6-13(14)9-12/h12-14,16H,3-11H2,1-2H3. The average Bonchev–Trinajstić information content (AvgIpc) is 3.01. The molecular weight excluding hydrogens is 208 g/mol. The van der Waals surface area contributed by atoms with E-state index >= 15 is 0 Å². The Kier molecular flexibility index (Phi) is 3.20. The number of rotatable bonds is 3. The highest BCUT2D eigenvalue weighted by molar-refractivity contribution is 5.00. The maximum absolute atomic E-state index is 3.79. The molecule has 0 amide bonds. The van der Waals surface area contributed by atoms with Gasteiger partial charge in [0, 0.05) is 31.2 Å². The molecule has 1 aliphatic heterocycles. The van der Waals surface area contributed by atoms with E-state index in [9.17, 15) is 0 Å². The fourth-order valence-corrected chi connectivity index (χ4v) is 4.65. The molecule has 2 nitrogen and oxygen atoms in total. The van der Waals surface area contributed by atoms with Crippen LogP contribution >= 0.6 is 0 Å². The second-order valence-corrected chi connectivity index (χ2v) is 6.63. The first-order chi connectivity index (χ1) is 8.26. The van der Waals surface area contributed by atoms with Gasteiger partial charge in [0.15, 0.2) is 0 Å². The summed E-state index contributed by atoms with van der Waals surface area (Å²) in [5.41, 5.74) is 0.417. The molecule has 0 aromatic heterocycles. The smallest absolute Gasteiger partial charge is 0.0304 e. The molecule has 1 heterocycles. The Morgan fingerprint density at radius 1 is 1.18 bits per heavy atom. The summed E-state index contributed by atoms with van der Waals surface area (Å²) in [6, 6.07) is 0.938. The van der Waals surface area contributed by atoms with Gasteiger partial charge in [-0.25, -0.2) is 0 Å². The molecule has 2 saturated carbocycles. The van der Waals surface area contributed by atoms with Crippen molar-refractivity contribution in [2.24, 2.45) is 11.8 Å². The van der Waals surface area contributed by atoms with Gasteiger partial charge in [-0.1, -0.05) is 20.3 Å². The summed E-state index contributed by atoms with van der Waals surface area (Å²) in [4.78, 5) is 2.84. The minimum absolute atomic E-state index is 0.417. The van der Waals surface area contributed by atoms with Crippen molar-refractivity contribution < 1.29 is 0 Å². The molecule has 0 spiro atoms. The van der Waals surface area contributed by atoms with Crippen molar-refractivity contribution in [2.75, 3.05) is 19.6 Å². The van der Waals surface area contributed by atoms with Crippen LogP contribution in [0.3, 0.4) is 0 Å². The first kappa shape index (κ1) is 12.0. The highest BCUT2D eigenvalue weighted by atomic mass is 15.3. The molecule has 0 aromatic rings. The average molecular weight is 236 g/mol. The molecule has 2 aliphatic carbocycles. The Labute approximate surface area is 106 Å². The fourth-order valence-electron chi connectivity index (χ4n) is 4.65. The van der Waals surface area contributed by atoms with E-state index < -0.39 is 0 Å². The Morgan fingerprint density at radius 3 is 2.59 bits per heavy atom. The van der Waals surface area contributed by atoms with Crippen molar-refractivity contribution in [3.8, 4) is 0 Å². The second kappa shape index (κ2) is 4.55. The SMILES string of the molecule is CCC1(CC)CN(C2CC3CCC2C3)CCN1. The summed E-state index contributed by atoms with van der Waals surface area (Å²) in [6.45, 7) is 8.49. The molecule has 2 heteroatoms. The van der Waals surface area contributed by atoms with Crippen LogP contribution in [-0.4, -0.2) is 36.1 Å². The lowest BCUT2D eigenvalue weighted by Crippen LogP contribution is -2.62. The highest BCUT2D eigenvalue weighted by Gasteiger charge is 2.44. The predicted octanol–water partition coefficient (Wildman–Crippen LogP) is 2.64. The third-order valence-electron chi connectivity index (χ3n) is 5.93. The lowest BCUT2D eigenvalue weighted by molar-refractivity contribution is 0.0612. The number of hydrogen-bond donors (Lipinski definition) is 1. The summed E-state index contributed by atoms with van der Waals surface area (Å²) in [5, 5.41) is 3.79. The van der Waals surface area contributed by atoms with Gasteiger partial charge in [-0.3, -0.25) is 4.90 Å². The van der Waals surface area contributed by atoms with E-state index in [-0.39, 0.29) is 0 Å². The molecule has 2 bridgehead atoms. The monoisotopic (exact) mass is 236 g/mol. The molecule has 98 valence electrons. The van der Waals surface area contributed by atoms with E-state index in [0.29, 0.717) is 5.54 Å². The third-order valence-corrected chi connectivity index (χ3v) is 5.93. The van der Waals surface area contributed by atoms with E-state index in [2.05, 4.69) is 24.1 Å². The second-order valence-electron chi connectivity index (χ2n) is 6.63. The van der Waals surface area contributed by atoms with Crippen molar-refractivity contribution in [3.63, 3.8) is 0 Å². The lowest BCUT2D eigenvalue weighted by atomic mass is 9.87. The van der Waals surface area contributed by atoms with Crippen molar-refractivity contribution in [1.29, 1.82) is 0 Å². The van der Waals surface area contributed by atoms with Crippen LogP contribution in [0.15, 0.2) is 0 Å². The number of nitrogens with zero attached hydrogens (tertiary/aromatic N) is 1. The van der Waals surface area contributed by atoms with Gasteiger partial charge < -0.3 is 5.32 Å². The van der Waals surface area contributed by atoms with E-state index in [1.807, 2.05) is 0 Å². The largest absolute Gasteiger partial charge is 0.309 e. The zero-order chi connectivity index (χ0) is 11.9. The van der Waals surface area contributed by atoms with Crippen LogP contribution in [0.25, 0.3) is 0 Å². The number of nitrogens with one attached hydrogen (secondary N) is 1. The molecular formula is C15H28N2. The number of piperazine rings is 1. The molecule has 3 fully saturated rings. The van der Waals surface area contributed by atoms with Gasteiger partial charge in [0.25, 0.3) is 0 Å². The minimum Gasteiger partial charge on any atom is -0.309 e. The summed E-state index contributed by atoms with van der Waals surface area (Å²) in [7, 11) is 0. The maximum Gasteiger partial charge on any atom is 0.0304 e. The summed E-state index contributed by atoms with van der Waals surface area (Å²) < 4.78 is 0. The molecule has 3 atom stereocenters. The van der Waals surface area contributed by atoms with Crippen molar-refractivity contribution in [1.82, 2.24) is 10.2 Å². The Morgan fingerprint density at radius 2 is 2.00 bits per heavy atom. The topological polar surface area (TPSA) is 15.3 Å². The van der Waals surface area contributed by atoms with Crippen LogP contribution in [0.5, 0.6) is 0 Å². The van der Waals surface area contributed by atoms with Crippen molar-refractivity contribution in [2.45, 2.75) is 64.0 Å². The van der Waals surface area contributed by atoms with Gasteiger partial charge in [-0.05, 0) is 43.9 Å². The number of hydrogen-bond acceptors (Lipinski definition) is 2. The molecule has 3 aliphatic rings. The molecule has 3 unspecified atom stereocenters. The van der Waals surface area contributed by atoms with Gasteiger partial charge in [-0.15, -0.1) is 0 Å². The summed E-state index contributed by atoms with van der Waals surface area (Å²) >= 11 is 0. The molecule has 3 rings (SSSR count). The molecule has 17 heavy (non-hydrogen) atoms. The zero-order valence-corrected chi connectivity index (χ0v) is 11.5. The third kappa shape index (κ3) is 2.04. The molecule has 0 radical (unpaired) electrons. The Balaban J connectivity index is 1.67. The maximum atomic E-state index is 3.79. The Bertz CT molecular complexity index is 272. The van der Waals surface area contributed by atoms with E-state index in [0.717, 1.165) is 17.9 Å². The van der Waals surface area contributed by atoms with Crippen molar-refractivity contribution >= 4 is 0 Å². The molecule has 0 aromatic carbocycles. The quantitative estimate of drug-likeness (QED) is 0.810. The minimum atomic E-state index is 0.417. The van der Waals surface area contributed by atoms with Crippen LogP contribution in [0.1, 0.15) is 52.4 Å². The zero-order valence-electron chi connectivity index (χ0n) is 11.5. The van der Waals surface area contributed by atoms with Crippen LogP contribution in [0, 0.1) is 11.8 Å². The van der Waals surface area contributed by atoms with Crippen LogP contribution in [0.4, 0.5) is 0 Å². The molecule has 1 saturated heterocycles. The summed E-state index contributed by atoms with van der Waals surface area (Å²) in [5.74, 6) is 2.13. The predicted molar refractivity (Wildman–Crippen MR) is 72.1 cm³/mol. The highest BCUT2D eigenvalue weighted by Crippen LogP contribution is 2.47. The van der Waals surface area contributed by atoms with Gasteiger partial charge in [0.2, 0.25) is 0 Å². The Hall–Kier alpha value is -0.0800. The lowest BCUT2D eigenvalue weighted by Gasteiger charge is -2.47.